The maximum atomic E-state index is 6.25. The first-order valence-electron chi connectivity index (χ1n) is 7.64. The van der Waals surface area contributed by atoms with Crippen molar-refractivity contribution in [2.24, 2.45) is 0 Å². The van der Waals surface area contributed by atoms with Crippen LogP contribution in [0, 0.1) is 0 Å². The minimum absolute atomic E-state index is 0.371. The number of rotatable bonds is 3. The Morgan fingerprint density at radius 2 is 2.12 bits per heavy atom. The summed E-state index contributed by atoms with van der Waals surface area (Å²) < 4.78 is 10.4. The van der Waals surface area contributed by atoms with E-state index in [9.17, 15) is 0 Å². The van der Waals surface area contributed by atoms with Crippen molar-refractivity contribution in [2.75, 3.05) is 18.7 Å². The molecule has 2 aliphatic rings. The molecule has 0 saturated heterocycles. The van der Waals surface area contributed by atoms with E-state index in [1.165, 1.54) is 0 Å². The minimum atomic E-state index is 0.371. The Balaban J connectivity index is 1.76. The van der Waals surface area contributed by atoms with E-state index in [0.29, 0.717) is 19.2 Å². The average molecular weight is 357 g/mol. The molecule has 10 heteroatoms. The summed E-state index contributed by atoms with van der Waals surface area (Å²) in [6, 6.07) is 8.04. The van der Waals surface area contributed by atoms with Gasteiger partial charge < -0.3 is 9.64 Å². The van der Waals surface area contributed by atoms with Gasteiger partial charge in [-0.05, 0) is 12.1 Å². The highest BCUT2D eigenvalue weighted by Crippen LogP contribution is 2.42. The Labute approximate surface area is 147 Å². The zero-order valence-electron chi connectivity index (χ0n) is 13.2. The smallest absolute Gasteiger partial charge is 0.259 e. The molecule has 2 aromatic heterocycles. The van der Waals surface area contributed by atoms with E-state index in [1.54, 1.807) is 22.4 Å². The summed E-state index contributed by atoms with van der Waals surface area (Å²) in [6.07, 6.45) is 3.50. The molecule has 0 N–H and O–H groups in total. The van der Waals surface area contributed by atoms with Gasteiger partial charge in [0.25, 0.3) is 5.95 Å². The molecule has 0 aliphatic carbocycles. The lowest BCUT2D eigenvalue weighted by Crippen LogP contribution is -2.29. The molecular weight excluding hydrogens is 344 g/mol. The Hall–Kier alpha value is -2.91. The van der Waals surface area contributed by atoms with Gasteiger partial charge in [0.05, 0.1) is 30.4 Å². The van der Waals surface area contributed by atoms with Crippen molar-refractivity contribution >= 4 is 23.3 Å². The van der Waals surface area contributed by atoms with E-state index < -0.39 is 0 Å². The molecule has 0 unspecified atom stereocenters. The summed E-state index contributed by atoms with van der Waals surface area (Å²) in [5.41, 5.74) is 2.81. The van der Waals surface area contributed by atoms with E-state index in [0.717, 1.165) is 28.6 Å². The van der Waals surface area contributed by atoms with Crippen LogP contribution in [0.15, 0.2) is 36.7 Å². The minimum Gasteiger partial charge on any atom is -0.378 e. The first-order chi connectivity index (χ1) is 12.3. The van der Waals surface area contributed by atoms with Gasteiger partial charge in [-0.25, -0.2) is 4.57 Å². The molecule has 0 amide bonds. The SMILES string of the molecule is COCc1cnnn1-c1nnc2n1C1=CN(Cl)CN1c1ccccc1-2. The number of nitrogens with zero attached hydrogens (tertiary/aromatic N) is 8. The molecule has 126 valence electrons. The van der Waals surface area contributed by atoms with E-state index in [2.05, 4.69) is 25.4 Å². The van der Waals surface area contributed by atoms with Crippen LogP contribution in [0.5, 0.6) is 0 Å². The van der Waals surface area contributed by atoms with E-state index in [4.69, 9.17) is 16.5 Å². The predicted molar refractivity (Wildman–Crippen MR) is 90.4 cm³/mol. The molecule has 0 fully saturated rings. The van der Waals surface area contributed by atoms with Gasteiger partial charge in [-0.3, -0.25) is 4.42 Å². The van der Waals surface area contributed by atoms with Gasteiger partial charge in [0, 0.05) is 24.4 Å². The maximum Gasteiger partial charge on any atom is 0.259 e. The second kappa shape index (κ2) is 5.30. The van der Waals surface area contributed by atoms with Crippen LogP contribution in [0.3, 0.4) is 0 Å². The Morgan fingerprint density at radius 1 is 1.24 bits per heavy atom. The molecule has 5 rings (SSSR count). The maximum absolute atomic E-state index is 6.25. The molecule has 0 atom stereocenters. The highest BCUT2D eigenvalue weighted by atomic mass is 35.5. The fourth-order valence-electron chi connectivity index (χ4n) is 3.19. The van der Waals surface area contributed by atoms with E-state index in [-0.39, 0.29) is 0 Å². The number of hydrogen-bond donors (Lipinski definition) is 0. The van der Waals surface area contributed by atoms with E-state index >= 15 is 0 Å². The number of benzene rings is 1. The average Bonchev–Trinajstić information content (AvgIpc) is 3.32. The molecule has 9 nitrogen and oxygen atoms in total. The zero-order chi connectivity index (χ0) is 17.0. The number of aromatic nitrogens is 6. The number of fused-ring (bicyclic) bond motifs is 6. The number of anilines is 1. The molecule has 0 bridgehead atoms. The molecular formula is C15H13ClN8O. The van der Waals surface area contributed by atoms with Crippen molar-refractivity contribution in [1.29, 1.82) is 0 Å². The van der Waals surface area contributed by atoms with Gasteiger partial charge in [-0.2, -0.15) is 4.68 Å². The third-order valence-electron chi connectivity index (χ3n) is 4.22. The molecule has 1 aromatic carbocycles. The van der Waals surface area contributed by atoms with Crippen LogP contribution in [0.2, 0.25) is 0 Å². The summed E-state index contributed by atoms with van der Waals surface area (Å²) in [7, 11) is 1.62. The quantitative estimate of drug-likeness (QED) is 0.661. The topological polar surface area (TPSA) is 77.1 Å². The van der Waals surface area contributed by atoms with Gasteiger partial charge in [0.2, 0.25) is 0 Å². The highest BCUT2D eigenvalue weighted by molar-refractivity contribution is 6.15. The number of para-hydroxylation sites is 1. The fourth-order valence-corrected chi connectivity index (χ4v) is 3.38. The van der Waals surface area contributed by atoms with Gasteiger partial charge in [0.1, 0.15) is 12.5 Å². The summed E-state index contributed by atoms with van der Waals surface area (Å²) in [5.74, 6) is 2.14. The second-order valence-electron chi connectivity index (χ2n) is 5.70. The monoisotopic (exact) mass is 356 g/mol. The molecule has 0 saturated carbocycles. The van der Waals surface area contributed by atoms with Crippen molar-refractivity contribution in [1.82, 2.24) is 34.2 Å². The first-order valence-corrected chi connectivity index (χ1v) is 7.97. The van der Waals surface area contributed by atoms with Crippen molar-refractivity contribution in [3.05, 3.63) is 42.4 Å². The van der Waals surface area contributed by atoms with Crippen molar-refractivity contribution in [3.63, 3.8) is 0 Å². The van der Waals surface area contributed by atoms with Crippen molar-refractivity contribution < 1.29 is 4.74 Å². The molecule has 3 aromatic rings. The normalized spacial score (nSPS) is 15.0. The Morgan fingerprint density at radius 3 is 3.00 bits per heavy atom. The lowest BCUT2D eigenvalue weighted by atomic mass is 10.1. The third-order valence-corrected chi connectivity index (χ3v) is 4.43. The summed E-state index contributed by atoms with van der Waals surface area (Å²) in [5, 5.41) is 16.9. The van der Waals surface area contributed by atoms with Crippen LogP contribution in [0.4, 0.5) is 5.69 Å². The summed E-state index contributed by atoms with van der Waals surface area (Å²) >= 11 is 6.25. The zero-order valence-corrected chi connectivity index (χ0v) is 14.0. The second-order valence-corrected chi connectivity index (χ2v) is 6.14. The highest BCUT2D eigenvalue weighted by Gasteiger charge is 2.35. The number of ether oxygens (including phenoxy) is 1. The molecule has 2 aliphatic heterocycles. The Kier molecular flexibility index (Phi) is 3.06. The van der Waals surface area contributed by atoms with Crippen LogP contribution >= 0.6 is 11.8 Å². The molecule has 0 radical (unpaired) electrons. The lowest BCUT2D eigenvalue weighted by molar-refractivity contribution is 0.179. The van der Waals surface area contributed by atoms with E-state index in [1.807, 2.05) is 35.0 Å². The molecule has 25 heavy (non-hydrogen) atoms. The standard InChI is InChI=1S/C15H13ClN8O/c1-25-8-10-6-17-20-24(10)15-19-18-14-11-4-2-3-5-12(11)22-9-21(16)7-13(22)23(14)15/h2-7H,8-9H2,1H3. The number of hydrogen-bond acceptors (Lipinski definition) is 7. The number of halogens is 1. The molecule has 4 heterocycles. The largest absolute Gasteiger partial charge is 0.378 e. The van der Waals surface area contributed by atoms with Crippen LogP contribution in [0.25, 0.3) is 23.2 Å². The van der Waals surface area contributed by atoms with Gasteiger partial charge in [-0.15, -0.1) is 15.3 Å². The van der Waals surface area contributed by atoms with Gasteiger partial charge in [-0.1, -0.05) is 17.3 Å². The molecule has 0 spiro atoms. The Bertz CT molecular complexity index is 993. The van der Waals surface area contributed by atoms with Crippen LogP contribution in [-0.4, -0.2) is 48.0 Å². The summed E-state index contributed by atoms with van der Waals surface area (Å²) in [4.78, 5) is 2.11. The van der Waals surface area contributed by atoms with Crippen LogP contribution in [-0.2, 0) is 11.3 Å². The fraction of sp³-hybridized carbons (Fsp3) is 0.200. The van der Waals surface area contributed by atoms with Crippen molar-refractivity contribution in [2.45, 2.75) is 6.61 Å². The van der Waals surface area contributed by atoms with Gasteiger partial charge in [0.15, 0.2) is 5.82 Å². The first kappa shape index (κ1) is 14.4. The number of methoxy groups -OCH3 is 1. The lowest BCUT2D eigenvalue weighted by Gasteiger charge is -2.29. The predicted octanol–water partition coefficient (Wildman–Crippen LogP) is 1.68. The van der Waals surface area contributed by atoms with Crippen LogP contribution in [0.1, 0.15) is 5.69 Å². The summed E-state index contributed by atoms with van der Waals surface area (Å²) in [6.45, 7) is 0.906. The third kappa shape index (κ3) is 1.99. The van der Waals surface area contributed by atoms with Crippen molar-refractivity contribution in [3.8, 4) is 17.3 Å². The van der Waals surface area contributed by atoms with Crippen LogP contribution < -0.4 is 4.90 Å². The van der Waals surface area contributed by atoms with Gasteiger partial charge >= 0.3 is 0 Å².